The number of fused-ring (bicyclic) bond motifs is 4. The summed E-state index contributed by atoms with van der Waals surface area (Å²) in [6.45, 7) is 17.0. The number of hydrogen-bond donors (Lipinski definition) is 0. The van der Waals surface area contributed by atoms with Gasteiger partial charge in [0.15, 0.2) is 8.32 Å². The molecule has 1 aromatic heterocycles. The minimum Gasteiger partial charge on any atom is -0.410 e. The summed E-state index contributed by atoms with van der Waals surface area (Å²) in [7, 11) is -12.1. The van der Waals surface area contributed by atoms with Crippen LogP contribution in [0.2, 0.25) is 18.1 Å². The van der Waals surface area contributed by atoms with E-state index < -0.39 is 35.1 Å². The third-order valence-electron chi connectivity index (χ3n) is 11.1. The average molecular weight is 800 g/mol. The number of alkyl halides is 1. The first-order chi connectivity index (χ1) is 20.9. The van der Waals surface area contributed by atoms with Gasteiger partial charge in [-0.1, -0.05) is 88.8 Å². The second-order valence-corrected chi connectivity index (χ2v) is 24.9. The van der Waals surface area contributed by atoms with Gasteiger partial charge in [0, 0.05) is 45.4 Å². The molecule has 0 amide bonds. The van der Waals surface area contributed by atoms with Crippen LogP contribution in [0.1, 0.15) is 125 Å². The molecule has 2 aromatic rings. The highest BCUT2D eigenvalue weighted by Gasteiger charge is 2.65. The molecule has 0 N–H and O–H groups in total. The smallest absolute Gasteiger partial charge is 0.310 e. The van der Waals surface area contributed by atoms with Crippen molar-refractivity contribution in [2.75, 3.05) is 13.2 Å². The Morgan fingerprint density at radius 1 is 0.978 bits per heavy atom. The minimum absolute atomic E-state index is 0.0200. The van der Waals surface area contributed by atoms with Crippen LogP contribution in [0.3, 0.4) is 0 Å². The molecular weight excluding hydrogens is 752 g/mol. The molecule has 3 heterocycles. The van der Waals surface area contributed by atoms with E-state index in [2.05, 4.69) is 70.3 Å². The molecule has 258 valence electrons. The van der Waals surface area contributed by atoms with Crippen LogP contribution in [0, 0.1) is 5.41 Å². The predicted molar refractivity (Wildman–Crippen MR) is 184 cm³/mol. The first-order valence-electron chi connectivity index (χ1n) is 16.4. The number of benzene rings is 1. The van der Waals surface area contributed by atoms with Crippen LogP contribution in [-0.4, -0.2) is 30.4 Å². The number of hydrogen-bond acceptors (Lipinski definition) is 4. The molecule has 4 nitrogen and oxygen atoms in total. The Labute approximate surface area is 284 Å². The first-order valence-corrected chi connectivity index (χ1v) is 22.5. The summed E-state index contributed by atoms with van der Waals surface area (Å²) in [5.41, 5.74) is 4.79. The van der Waals surface area contributed by atoms with E-state index in [0.717, 1.165) is 73.0 Å². The lowest BCUT2D eigenvalue weighted by Gasteiger charge is -2.46. The van der Waals surface area contributed by atoms with Gasteiger partial charge >= 0.3 is 10.2 Å². The Hall–Kier alpha value is -0.803. The number of rotatable bonds is 5. The Balaban J connectivity index is 1.62. The molecule has 4 atom stereocenters. The molecule has 2 unspecified atom stereocenters. The fraction of sp³-hybridized carbons (Fsp3) is 0.676. The second-order valence-electron chi connectivity index (χ2n) is 16.2. The molecule has 6 rings (SSSR count). The van der Waals surface area contributed by atoms with Gasteiger partial charge in [0.25, 0.3) is 0 Å². The molecule has 1 saturated heterocycles. The van der Waals surface area contributed by atoms with Gasteiger partial charge in [-0.2, -0.15) is 0 Å². The fourth-order valence-corrected chi connectivity index (χ4v) is 10.9. The third-order valence-corrected chi connectivity index (χ3v) is 18.4. The van der Waals surface area contributed by atoms with Crippen molar-refractivity contribution in [1.82, 2.24) is 4.98 Å². The second kappa shape index (κ2) is 10.6. The molecule has 46 heavy (non-hydrogen) atoms. The predicted octanol–water partition coefficient (Wildman–Crippen LogP) is 12.0. The third kappa shape index (κ3) is 6.22. The minimum atomic E-state index is -9.83. The highest BCUT2D eigenvalue weighted by molar-refractivity contribution is 14.1. The van der Waals surface area contributed by atoms with E-state index >= 15 is 0 Å². The normalized spacial score (nSPS) is 30.2. The van der Waals surface area contributed by atoms with Gasteiger partial charge in [-0.25, -0.2) is 0 Å². The van der Waals surface area contributed by atoms with Crippen molar-refractivity contribution in [1.29, 1.82) is 0 Å². The number of halogens is 6. The maximum absolute atomic E-state index is 13.7. The van der Waals surface area contributed by atoms with Crippen molar-refractivity contribution < 1.29 is 33.3 Å². The number of nitrogens with zero attached hydrogens (tertiary/aromatic N) is 1. The van der Waals surface area contributed by atoms with Crippen molar-refractivity contribution >= 4 is 41.1 Å². The van der Waals surface area contributed by atoms with Crippen molar-refractivity contribution in [2.45, 2.75) is 130 Å². The van der Waals surface area contributed by atoms with Gasteiger partial charge in [-0.15, -0.1) is 0 Å². The van der Waals surface area contributed by atoms with Gasteiger partial charge < -0.3 is 13.9 Å². The Morgan fingerprint density at radius 3 is 2.15 bits per heavy atom. The lowest BCUT2D eigenvalue weighted by Crippen LogP contribution is -2.44. The summed E-state index contributed by atoms with van der Waals surface area (Å²) in [6.07, 6.45) is 4.90. The van der Waals surface area contributed by atoms with Gasteiger partial charge in [0.1, 0.15) is 16.6 Å². The molecular formula is C34H47F5INO3SSi. The Kier molecular flexibility index (Phi) is 8.08. The zero-order valence-electron chi connectivity index (χ0n) is 27.8. The highest BCUT2D eigenvalue weighted by atomic mass is 127. The molecule has 1 spiro atoms. The van der Waals surface area contributed by atoms with Gasteiger partial charge in [-0.3, -0.25) is 4.98 Å². The van der Waals surface area contributed by atoms with E-state index in [4.69, 9.17) is 18.9 Å². The Bertz CT molecular complexity index is 1520. The molecule has 2 aliphatic carbocycles. The van der Waals surface area contributed by atoms with Crippen molar-refractivity contribution in [3.8, 4) is 0 Å². The van der Waals surface area contributed by atoms with Crippen molar-refractivity contribution in [2.24, 2.45) is 5.41 Å². The van der Waals surface area contributed by atoms with Crippen molar-refractivity contribution in [3.63, 3.8) is 0 Å². The van der Waals surface area contributed by atoms with Crippen LogP contribution in [0.15, 0.2) is 29.2 Å². The summed E-state index contributed by atoms with van der Waals surface area (Å²) in [4.78, 5) is 3.60. The standard InChI is InChI=1S/C34H47F5INO3SSi/c1-32(2,3)46(6,7)44-25-20-33(4,5)19-24-27(25)29-28(30(41-24)21-14-17-42-18-15-21)31(43-34(29)16-8-9-26(34)40)22-10-12-23(13-11-22)45(35,36,37,38)39/h10-13,21,25-26,31H,8-9,14-20H2,1-7H3/t25-,26?,31+,34?/m0/s1. The summed E-state index contributed by atoms with van der Waals surface area (Å²) >= 11 is 2.49. The summed E-state index contributed by atoms with van der Waals surface area (Å²) in [5.74, 6) is 0.0943. The Morgan fingerprint density at radius 2 is 1.61 bits per heavy atom. The zero-order chi connectivity index (χ0) is 33.8. The SMILES string of the molecule is CC1(C)Cc2nc(C3CCOCC3)c3c(c2[C@@H](O[Si](C)(C)C(C)(C)C)C1)C1(CCCC1I)O[C@@H]3c1ccc(S(F)(F)(F)(F)F)cc1. The highest BCUT2D eigenvalue weighted by Crippen LogP contribution is 3.02. The maximum Gasteiger partial charge on any atom is 0.310 e. The summed E-state index contributed by atoms with van der Waals surface area (Å²) in [6, 6.07) is 3.40. The lowest BCUT2D eigenvalue weighted by molar-refractivity contribution is -0.0515. The monoisotopic (exact) mass is 799 g/mol. The zero-order valence-corrected chi connectivity index (χ0v) is 31.8. The van der Waals surface area contributed by atoms with E-state index in [1.165, 1.54) is 12.1 Å². The van der Waals surface area contributed by atoms with Crippen LogP contribution in [0.25, 0.3) is 0 Å². The topological polar surface area (TPSA) is 40.6 Å². The molecule has 0 radical (unpaired) electrons. The molecule has 1 saturated carbocycles. The van der Waals surface area contributed by atoms with Crippen LogP contribution in [0.4, 0.5) is 19.4 Å². The van der Waals surface area contributed by atoms with Gasteiger partial charge in [-0.05, 0) is 86.2 Å². The van der Waals surface area contributed by atoms with E-state index in [1.807, 2.05) is 0 Å². The fourth-order valence-electron chi connectivity index (χ4n) is 7.74. The largest absolute Gasteiger partial charge is 0.410 e. The van der Waals surface area contributed by atoms with Crippen LogP contribution >= 0.6 is 32.8 Å². The maximum atomic E-state index is 13.7. The van der Waals surface area contributed by atoms with E-state index in [1.54, 1.807) is 0 Å². The van der Waals surface area contributed by atoms with Gasteiger partial charge in [0.2, 0.25) is 0 Å². The molecule has 12 heteroatoms. The van der Waals surface area contributed by atoms with Crippen LogP contribution in [0.5, 0.6) is 0 Å². The average Bonchev–Trinajstić information content (AvgIpc) is 3.46. The van der Waals surface area contributed by atoms with E-state index in [0.29, 0.717) is 30.9 Å². The van der Waals surface area contributed by atoms with Crippen molar-refractivity contribution in [3.05, 3.63) is 57.9 Å². The molecule has 0 bridgehead atoms. The molecule has 2 fully saturated rings. The molecule has 1 aromatic carbocycles. The van der Waals surface area contributed by atoms with E-state index in [-0.39, 0.29) is 26.4 Å². The van der Waals surface area contributed by atoms with Crippen LogP contribution < -0.4 is 0 Å². The summed E-state index contributed by atoms with van der Waals surface area (Å²) < 4.78 is 89.0. The molecule has 2 aliphatic heterocycles. The number of ether oxygens (including phenoxy) is 2. The molecule has 4 aliphatic rings. The number of aromatic nitrogens is 1. The lowest BCUT2D eigenvalue weighted by atomic mass is 9.70. The van der Waals surface area contributed by atoms with Gasteiger partial charge in [0.05, 0.1) is 11.8 Å². The quantitative estimate of drug-likeness (QED) is 0.131. The number of pyridine rings is 1. The van der Waals surface area contributed by atoms with E-state index in [9.17, 15) is 19.4 Å². The first kappa shape index (κ1) is 35.0. The van der Waals surface area contributed by atoms with Crippen LogP contribution in [-0.2, 0) is 25.9 Å². The summed E-state index contributed by atoms with van der Waals surface area (Å²) in [5, 5.41) is -0.0200.